The van der Waals surface area contributed by atoms with E-state index in [1.54, 1.807) is 0 Å². The highest BCUT2D eigenvalue weighted by Gasteiger charge is 1.91. The minimum Gasteiger partial charge on any atom is -0.314 e. The van der Waals surface area contributed by atoms with Gasteiger partial charge in [0, 0.05) is 26.2 Å². The Balaban J connectivity index is 0. The van der Waals surface area contributed by atoms with Gasteiger partial charge in [-0.3, -0.25) is 0 Å². The smallest absolute Gasteiger partial charge is 0.00772 e. The highest BCUT2D eigenvalue weighted by molar-refractivity contribution is 4.59. The van der Waals surface area contributed by atoms with E-state index in [-0.39, 0.29) is 0 Å². The summed E-state index contributed by atoms with van der Waals surface area (Å²) in [5.41, 5.74) is 0. The highest BCUT2D eigenvalue weighted by atomic mass is 15.0. The van der Waals surface area contributed by atoms with Gasteiger partial charge >= 0.3 is 0 Å². The van der Waals surface area contributed by atoms with Gasteiger partial charge in [-0.1, -0.05) is 41.0 Å². The summed E-state index contributed by atoms with van der Waals surface area (Å²) >= 11 is 0. The maximum Gasteiger partial charge on any atom is 0.00772 e. The van der Waals surface area contributed by atoms with Crippen LogP contribution in [0.15, 0.2) is 0 Å². The van der Waals surface area contributed by atoms with Gasteiger partial charge in [-0.2, -0.15) is 0 Å². The van der Waals surface area contributed by atoms with E-state index < -0.39 is 0 Å². The van der Waals surface area contributed by atoms with Crippen molar-refractivity contribution >= 4 is 0 Å². The lowest BCUT2D eigenvalue weighted by atomic mass is 10.2. The van der Waals surface area contributed by atoms with Gasteiger partial charge in [0.1, 0.15) is 0 Å². The molecule has 0 aromatic rings. The molecule has 0 unspecified atom stereocenters. The van der Waals surface area contributed by atoms with Gasteiger partial charge in [0.15, 0.2) is 0 Å². The van der Waals surface area contributed by atoms with Crippen molar-refractivity contribution < 1.29 is 0 Å². The molecular formula is C11H28N2. The molecule has 82 valence electrons. The molecule has 13 heavy (non-hydrogen) atoms. The SMILES string of the molecule is C1CNCCN1.CC.CCC(C)C. The van der Waals surface area contributed by atoms with E-state index in [0.29, 0.717) is 0 Å². The second kappa shape index (κ2) is 14.4. The Morgan fingerprint density at radius 2 is 1.15 bits per heavy atom. The maximum atomic E-state index is 3.22. The molecule has 1 saturated heterocycles. The summed E-state index contributed by atoms with van der Waals surface area (Å²) in [6.07, 6.45) is 1.31. The molecule has 1 fully saturated rings. The van der Waals surface area contributed by atoms with E-state index in [4.69, 9.17) is 0 Å². The fraction of sp³-hybridized carbons (Fsp3) is 1.00. The Kier molecular flexibility index (Phi) is 17.1. The molecule has 1 rings (SSSR count). The third kappa shape index (κ3) is 18.7. The highest BCUT2D eigenvalue weighted by Crippen LogP contribution is 1.93. The van der Waals surface area contributed by atoms with Crippen molar-refractivity contribution in [2.75, 3.05) is 26.2 Å². The fourth-order valence-corrected chi connectivity index (χ4v) is 0.604. The second-order valence-electron chi connectivity index (χ2n) is 3.30. The Hall–Kier alpha value is -0.0800. The van der Waals surface area contributed by atoms with Crippen LogP contribution in [-0.4, -0.2) is 26.2 Å². The van der Waals surface area contributed by atoms with Crippen molar-refractivity contribution in [2.45, 2.75) is 41.0 Å². The lowest BCUT2D eigenvalue weighted by Crippen LogP contribution is -2.39. The number of hydrogen-bond acceptors (Lipinski definition) is 2. The van der Waals surface area contributed by atoms with E-state index in [2.05, 4.69) is 31.4 Å². The summed E-state index contributed by atoms with van der Waals surface area (Å²) in [6.45, 7) is 15.2. The minimum absolute atomic E-state index is 0.884. The first-order valence-corrected chi connectivity index (χ1v) is 5.68. The predicted molar refractivity (Wildman–Crippen MR) is 62.2 cm³/mol. The van der Waals surface area contributed by atoms with E-state index >= 15 is 0 Å². The average Bonchev–Trinajstić information content (AvgIpc) is 2.24. The van der Waals surface area contributed by atoms with Crippen LogP contribution in [0.5, 0.6) is 0 Å². The Labute approximate surface area is 84.5 Å². The van der Waals surface area contributed by atoms with Crippen molar-refractivity contribution in [2.24, 2.45) is 5.92 Å². The monoisotopic (exact) mass is 188 g/mol. The first-order valence-electron chi connectivity index (χ1n) is 5.68. The lowest BCUT2D eigenvalue weighted by Gasteiger charge is -2.11. The lowest BCUT2D eigenvalue weighted by molar-refractivity contribution is 0.534. The van der Waals surface area contributed by atoms with Crippen LogP contribution >= 0.6 is 0 Å². The summed E-state index contributed by atoms with van der Waals surface area (Å²) < 4.78 is 0. The molecule has 1 aliphatic heterocycles. The molecule has 2 nitrogen and oxygen atoms in total. The van der Waals surface area contributed by atoms with E-state index in [0.717, 1.165) is 32.1 Å². The molecule has 0 saturated carbocycles. The van der Waals surface area contributed by atoms with Crippen molar-refractivity contribution in [1.82, 2.24) is 10.6 Å². The van der Waals surface area contributed by atoms with Crippen LogP contribution in [-0.2, 0) is 0 Å². The molecule has 0 aliphatic carbocycles. The number of hydrogen-bond donors (Lipinski definition) is 2. The van der Waals surface area contributed by atoms with Gasteiger partial charge in [-0.25, -0.2) is 0 Å². The third-order valence-corrected chi connectivity index (χ3v) is 1.77. The van der Waals surface area contributed by atoms with Gasteiger partial charge in [-0.05, 0) is 5.92 Å². The van der Waals surface area contributed by atoms with Crippen molar-refractivity contribution in [3.8, 4) is 0 Å². The molecule has 0 spiro atoms. The van der Waals surface area contributed by atoms with Crippen LogP contribution in [0.3, 0.4) is 0 Å². The molecule has 0 amide bonds. The van der Waals surface area contributed by atoms with E-state index in [9.17, 15) is 0 Å². The zero-order chi connectivity index (χ0) is 10.5. The van der Waals surface area contributed by atoms with Gasteiger partial charge < -0.3 is 10.6 Å². The fourth-order valence-electron chi connectivity index (χ4n) is 0.604. The standard InChI is InChI=1S/C5H12.C4H10N2.C2H6/c1-4-5(2)3;1-2-6-4-3-5-1;1-2/h5H,4H2,1-3H3;5-6H,1-4H2;1-2H3. The van der Waals surface area contributed by atoms with Crippen molar-refractivity contribution in [3.63, 3.8) is 0 Å². The quantitative estimate of drug-likeness (QED) is 0.659. The summed E-state index contributed by atoms with van der Waals surface area (Å²) in [6, 6.07) is 0. The summed E-state index contributed by atoms with van der Waals surface area (Å²) in [4.78, 5) is 0. The van der Waals surface area contributed by atoms with Crippen LogP contribution in [0.25, 0.3) is 0 Å². The Morgan fingerprint density at radius 3 is 1.23 bits per heavy atom. The van der Waals surface area contributed by atoms with Crippen molar-refractivity contribution in [3.05, 3.63) is 0 Å². The number of nitrogens with one attached hydrogen (secondary N) is 2. The van der Waals surface area contributed by atoms with Crippen molar-refractivity contribution in [1.29, 1.82) is 0 Å². The van der Waals surface area contributed by atoms with E-state index in [1.807, 2.05) is 13.8 Å². The molecule has 2 N–H and O–H groups in total. The first kappa shape index (κ1) is 15.4. The molecule has 0 aromatic heterocycles. The number of rotatable bonds is 1. The molecule has 1 aliphatic rings. The molecular weight excluding hydrogens is 160 g/mol. The van der Waals surface area contributed by atoms with E-state index in [1.165, 1.54) is 6.42 Å². The molecule has 0 aromatic carbocycles. The van der Waals surface area contributed by atoms with Gasteiger partial charge in [0.2, 0.25) is 0 Å². The second-order valence-corrected chi connectivity index (χ2v) is 3.30. The van der Waals surface area contributed by atoms with Crippen LogP contribution < -0.4 is 10.6 Å². The van der Waals surface area contributed by atoms with Crippen LogP contribution in [0, 0.1) is 5.92 Å². The van der Waals surface area contributed by atoms with Gasteiger partial charge in [0.05, 0.1) is 0 Å². The molecule has 1 heterocycles. The number of piperazine rings is 1. The Morgan fingerprint density at radius 1 is 0.923 bits per heavy atom. The average molecular weight is 188 g/mol. The minimum atomic E-state index is 0.884. The topological polar surface area (TPSA) is 24.1 Å². The Bertz CT molecular complexity index is 57.0. The molecule has 0 atom stereocenters. The van der Waals surface area contributed by atoms with Crippen LogP contribution in [0.2, 0.25) is 0 Å². The third-order valence-electron chi connectivity index (χ3n) is 1.77. The molecule has 0 radical (unpaired) electrons. The van der Waals surface area contributed by atoms with Crippen LogP contribution in [0.4, 0.5) is 0 Å². The maximum absolute atomic E-state index is 3.22. The normalized spacial score (nSPS) is 15.2. The summed E-state index contributed by atoms with van der Waals surface area (Å²) in [5.74, 6) is 0.884. The van der Waals surface area contributed by atoms with Gasteiger partial charge in [0.25, 0.3) is 0 Å². The van der Waals surface area contributed by atoms with Gasteiger partial charge in [-0.15, -0.1) is 0 Å². The first-order chi connectivity index (χ1) is 6.27. The zero-order valence-electron chi connectivity index (χ0n) is 10.1. The summed E-state index contributed by atoms with van der Waals surface area (Å²) in [5, 5.41) is 6.44. The molecule has 0 bridgehead atoms. The van der Waals surface area contributed by atoms with Crippen LogP contribution in [0.1, 0.15) is 41.0 Å². The summed E-state index contributed by atoms with van der Waals surface area (Å²) in [7, 11) is 0. The predicted octanol–water partition coefficient (Wildman–Crippen LogP) is 2.26. The molecule has 2 heteroatoms. The largest absolute Gasteiger partial charge is 0.314 e. The zero-order valence-corrected chi connectivity index (χ0v) is 10.1.